The Hall–Kier alpha value is -0.990. The number of carbonyl (C=O) groups excluding carboxylic acids is 1. The molecular formula is C37H66O7. The molecule has 7 heteroatoms. The highest BCUT2D eigenvalue weighted by molar-refractivity contribution is 5.90. The van der Waals surface area contributed by atoms with Gasteiger partial charge in [0.2, 0.25) is 0 Å². The highest BCUT2D eigenvalue weighted by atomic mass is 16.6. The number of hydrogen-bond acceptors (Lipinski definition) is 7. The fourth-order valence-electron chi connectivity index (χ4n) is 7.27. The van der Waals surface area contributed by atoms with Crippen LogP contribution in [0.1, 0.15) is 168 Å². The first kappa shape index (κ1) is 37.5. The molecule has 3 heterocycles. The van der Waals surface area contributed by atoms with E-state index in [1.165, 1.54) is 83.5 Å². The van der Waals surface area contributed by atoms with Gasteiger partial charge in [-0.05, 0) is 51.5 Å². The predicted molar refractivity (Wildman–Crippen MR) is 175 cm³/mol. The molecule has 0 radical (unpaired) electrons. The van der Waals surface area contributed by atoms with Crippen LogP contribution in [0.2, 0.25) is 0 Å². The topological polar surface area (TPSA) is 105 Å². The zero-order chi connectivity index (χ0) is 31.6. The van der Waals surface area contributed by atoms with Crippen LogP contribution in [0, 0.1) is 0 Å². The van der Waals surface area contributed by atoms with Gasteiger partial charge in [0.1, 0.15) is 12.2 Å². The normalized spacial score (nSPS) is 28.4. The first-order valence-electron chi connectivity index (χ1n) is 18.7. The van der Waals surface area contributed by atoms with Crippen molar-refractivity contribution in [3.05, 3.63) is 11.6 Å². The summed E-state index contributed by atoms with van der Waals surface area (Å²) in [6, 6.07) is 0. The van der Waals surface area contributed by atoms with Gasteiger partial charge in [0.05, 0.1) is 36.6 Å². The number of rotatable bonds is 25. The summed E-state index contributed by atoms with van der Waals surface area (Å²) in [5.74, 6) is -0.195. The number of esters is 1. The molecule has 0 aromatic carbocycles. The lowest BCUT2D eigenvalue weighted by atomic mass is 9.99. The quantitative estimate of drug-likeness (QED) is 0.0703. The van der Waals surface area contributed by atoms with Crippen molar-refractivity contribution in [3.8, 4) is 0 Å². The van der Waals surface area contributed by atoms with Crippen LogP contribution >= 0.6 is 0 Å². The first-order chi connectivity index (χ1) is 21.4. The average molecular weight is 623 g/mol. The summed E-state index contributed by atoms with van der Waals surface area (Å²) in [5, 5.41) is 32.2. The molecule has 3 aliphatic rings. The van der Waals surface area contributed by atoms with Crippen molar-refractivity contribution >= 4 is 5.97 Å². The van der Waals surface area contributed by atoms with Crippen molar-refractivity contribution in [1.29, 1.82) is 0 Å². The van der Waals surface area contributed by atoms with Crippen LogP contribution in [-0.4, -0.2) is 70.1 Å². The minimum atomic E-state index is -0.643. The van der Waals surface area contributed by atoms with Gasteiger partial charge >= 0.3 is 5.97 Å². The maximum atomic E-state index is 11.7. The largest absolute Gasteiger partial charge is 0.455 e. The van der Waals surface area contributed by atoms with Gasteiger partial charge in [0, 0.05) is 12.0 Å². The molecule has 7 nitrogen and oxygen atoms in total. The van der Waals surface area contributed by atoms with Crippen LogP contribution < -0.4 is 0 Å². The number of aliphatic hydroxyl groups is 3. The third-order valence-corrected chi connectivity index (χ3v) is 10.0. The molecule has 0 aromatic heterocycles. The lowest BCUT2D eigenvalue weighted by Gasteiger charge is -2.25. The highest BCUT2D eigenvalue weighted by Gasteiger charge is 2.45. The van der Waals surface area contributed by atoms with Gasteiger partial charge in [-0.15, -0.1) is 0 Å². The zero-order valence-electron chi connectivity index (χ0n) is 28.1. The molecular weight excluding hydrogens is 556 g/mol. The Bertz CT molecular complexity index is 801. The number of hydrogen-bond donors (Lipinski definition) is 3. The fourth-order valence-corrected chi connectivity index (χ4v) is 7.27. The van der Waals surface area contributed by atoms with E-state index in [4.69, 9.17) is 14.2 Å². The second-order valence-electron chi connectivity index (χ2n) is 14.0. The molecule has 0 amide bonds. The lowest BCUT2D eigenvalue weighted by molar-refractivity contribution is -0.139. The van der Waals surface area contributed by atoms with E-state index in [-0.39, 0.29) is 30.4 Å². The molecule has 3 N–H and O–H groups in total. The van der Waals surface area contributed by atoms with E-state index in [9.17, 15) is 20.1 Å². The van der Waals surface area contributed by atoms with Gasteiger partial charge in [-0.3, -0.25) is 0 Å². The Labute approximate surface area is 268 Å². The van der Waals surface area contributed by atoms with Crippen LogP contribution in [0.4, 0.5) is 0 Å². The first-order valence-corrected chi connectivity index (χ1v) is 18.7. The Morgan fingerprint density at radius 1 is 0.727 bits per heavy atom. The molecule has 256 valence electrons. The van der Waals surface area contributed by atoms with Gasteiger partial charge in [-0.1, -0.05) is 116 Å². The summed E-state index contributed by atoms with van der Waals surface area (Å²) in [5.41, 5.74) is 0.772. The van der Waals surface area contributed by atoms with Gasteiger partial charge in [-0.25, -0.2) is 4.79 Å². The van der Waals surface area contributed by atoms with E-state index in [1.807, 2.05) is 13.0 Å². The summed E-state index contributed by atoms with van der Waals surface area (Å²) >= 11 is 0. The van der Waals surface area contributed by atoms with Crippen molar-refractivity contribution in [2.45, 2.75) is 217 Å². The molecule has 0 saturated carbocycles. The lowest BCUT2D eigenvalue weighted by Crippen LogP contribution is -2.37. The molecule has 2 saturated heterocycles. The van der Waals surface area contributed by atoms with Gasteiger partial charge in [0.25, 0.3) is 0 Å². The van der Waals surface area contributed by atoms with E-state index in [0.717, 1.165) is 56.9 Å². The van der Waals surface area contributed by atoms with Crippen LogP contribution in [0.15, 0.2) is 11.6 Å². The van der Waals surface area contributed by atoms with E-state index < -0.39 is 24.4 Å². The Morgan fingerprint density at radius 3 is 1.80 bits per heavy atom. The third-order valence-electron chi connectivity index (χ3n) is 10.0. The molecule has 0 unspecified atom stereocenters. The van der Waals surface area contributed by atoms with Crippen molar-refractivity contribution in [3.63, 3.8) is 0 Å². The summed E-state index contributed by atoms with van der Waals surface area (Å²) < 4.78 is 17.5. The second kappa shape index (κ2) is 21.7. The van der Waals surface area contributed by atoms with Crippen LogP contribution in [-0.2, 0) is 19.0 Å². The maximum Gasteiger partial charge on any atom is 0.334 e. The minimum Gasteiger partial charge on any atom is -0.455 e. The molecule has 0 bridgehead atoms. The Balaban J connectivity index is 1.17. The highest BCUT2D eigenvalue weighted by Crippen LogP contribution is 2.35. The van der Waals surface area contributed by atoms with Crippen LogP contribution in [0.3, 0.4) is 0 Å². The Kier molecular flexibility index (Phi) is 18.5. The summed E-state index contributed by atoms with van der Waals surface area (Å²) in [7, 11) is 0. The molecule has 0 aromatic rings. The van der Waals surface area contributed by atoms with Crippen molar-refractivity contribution < 1.29 is 34.3 Å². The third kappa shape index (κ3) is 13.8. The molecule has 3 rings (SSSR count). The van der Waals surface area contributed by atoms with Gasteiger partial charge < -0.3 is 29.5 Å². The van der Waals surface area contributed by atoms with Crippen molar-refractivity contribution in [2.75, 3.05) is 0 Å². The number of carbonyl (C=O) groups is 1. The number of aliphatic hydroxyl groups excluding tert-OH is 3. The standard InChI is InChI=1S/C37H66O7/c1-3-4-5-6-7-8-9-10-11-12-13-14-15-16-19-23-31(39)35-27-32(40)36(44-35)34-25-24-33(43-34)30(38)22-20-17-18-21-29-26-28(2)42-37(29)41/h26,28,30-36,38-40H,3-25,27H2,1-2H3/t28-,30+,31+,32-,33+,34+,35+,36+/m1/s1. The zero-order valence-corrected chi connectivity index (χ0v) is 28.1. The van der Waals surface area contributed by atoms with E-state index in [2.05, 4.69) is 6.92 Å². The molecule has 8 atom stereocenters. The molecule has 0 aliphatic carbocycles. The van der Waals surface area contributed by atoms with E-state index in [0.29, 0.717) is 19.3 Å². The second-order valence-corrected chi connectivity index (χ2v) is 14.0. The van der Waals surface area contributed by atoms with Gasteiger partial charge in [-0.2, -0.15) is 0 Å². The summed E-state index contributed by atoms with van der Waals surface area (Å²) in [6.07, 6.45) is 25.4. The predicted octanol–water partition coefficient (Wildman–Crippen LogP) is 7.86. The fraction of sp³-hybridized carbons (Fsp3) is 0.919. The monoisotopic (exact) mass is 622 g/mol. The number of unbranched alkanes of at least 4 members (excludes halogenated alkanes) is 16. The molecule has 0 spiro atoms. The van der Waals surface area contributed by atoms with Gasteiger partial charge in [0.15, 0.2) is 0 Å². The summed E-state index contributed by atoms with van der Waals surface area (Å²) in [4.78, 5) is 11.7. The van der Waals surface area contributed by atoms with E-state index >= 15 is 0 Å². The molecule has 44 heavy (non-hydrogen) atoms. The molecule has 2 fully saturated rings. The van der Waals surface area contributed by atoms with Crippen LogP contribution in [0.25, 0.3) is 0 Å². The average Bonchev–Trinajstić information content (AvgIpc) is 3.73. The summed E-state index contributed by atoms with van der Waals surface area (Å²) in [6.45, 7) is 4.15. The minimum absolute atomic E-state index is 0.119. The SMILES string of the molecule is CCCCCCCCCCCCCCCCC[C@H](O)[C@@H]1C[C@@H](O)[C@@H]([C@@H]2CC[C@@H]([C@@H](O)CCCCCC3=C[C@@H](C)OC3=O)O2)O1. The smallest absolute Gasteiger partial charge is 0.334 e. The van der Waals surface area contributed by atoms with Crippen LogP contribution in [0.5, 0.6) is 0 Å². The van der Waals surface area contributed by atoms with E-state index in [1.54, 1.807) is 0 Å². The maximum absolute atomic E-state index is 11.7. The number of cyclic esters (lactones) is 1. The van der Waals surface area contributed by atoms with Crippen molar-refractivity contribution in [2.24, 2.45) is 0 Å². The van der Waals surface area contributed by atoms with Crippen molar-refractivity contribution in [1.82, 2.24) is 0 Å². The molecule has 3 aliphatic heterocycles. The number of ether oxygens (including phenoxy) is 3. The Morgan fingerprint density at radius 2 is 1.25 bits per heavy atom.